The van der Waals surface area contributed by atoms with Crippen molar-refractivity contribution < 1.29 is 9.32 Å². The van der Waals surface area contributed by atoms with Crippen molar-refractivity contribution in [3.05, 3.63) is 17.5 Å². The van der Waals surface area contributed by atoms with Gasteiger partial charge in [-0.3, -0.25) is 4.79 Å². The average molecular weight is 274 g/mol. The van der Waals surface area contributed by atoms with Gasteiger partial charge in [-0.2, -0.15) is 0 Å². The highest BCUT2D eigenvalue weighted by Gasteiger charge is 2.15. The Bertz CT molecular complexity index is 375. The number of hydrogen-bond acceptors (Lipinski definition) is 4. The molecule has 1 aromatic heterocycles. The monoisotopic (exact) mass is 273 g/mol. The van der Waals surface area contributed by atoms with Crippen molar-refractivity contribution in [1.29, 1.82) is 0 Å². The number of hydrogen-bond donors (Lipinski definition) is 2. The Morgan fingerprint density at radius 1 is 1.67 bits per heavy atom. The van der Waals surface area contributed by atoms with Crippen LogP contribution in [-0.4, -0.2) is 23.7 Å². The lowest BCUT2D eigenvalue weighted by atomic mass is 10.1. The van der Waals surface area contributed by atoms with Gasteiger partial charge in [0.2, 0.25) is 5.91 Å². The van der Waals surface area contributed by atoms with Gasteiger partial charge in [0.15, 0.2) is 5.76 Å². The second-order valence-electron chi connectivity index (χ2n) is 4.54. The number of aryl methyl sites for hydroxylation is 1. The van der Waals surface area contributed by atoms with Crippen LogP contribution in [0, 0.1) is 6.92 Å². The predicted octanol–water partition coefficient (Wildman–Crippen LogP) is 1.55. The minimum atomic E-state index is 0. The first-order valence-electron chi connectivity index (χ1n) is 6.16. The van der Waals surface area contributed by atoms with Crippen LogP contribution in [0.4, 0.5) is 0 Å². The molecule has 1 fully saturated rings. The molecule has 1 aliphatic rings. The maximum absolute atomic E-state index is 11.6. The zero-order chi connectivity index (χ0) is 12.1. The smallest absolute Gasteiger partial charge is 0.220 e. The molecule has 0 bridgehead atoms. The Hall–Kier alpha value is -1.07. The predicted molar refractivity (Wildman–Crippen MR) is 70.6 cm³/mol. The van der Waals surface area contributed by atoms with E-state index in [0.717, 1.165) is 18.7 Å². The second kappa shape index (κ2) is 7.38. The fourth-order valence-electron chi connectivity index (χ4n) is 2.08. The molecule has 6 heteroatoms. The van der Waals surface area contributed by atoms with Gasteiger partial charge >= 0.3 is 0 Å². The van der Waals surface area contributed by atoms with Crippen LogP contribution in [0.2, 0.25) is 0 Å². The maximum atomic E-state index is 11.6. The van der Waals surface area contributed by atoms with Gasteiger partial charge < -0.3 is 15.2 Å². The average Bonchev–Trinajstić information content (AvgIpc) is 2.95. The van der Waals surface area contributed by atoms with Crippen LogP contribution >= 0.6 is 12.4 Å². The molecule has 1 atom stereocenters. The van der Waals surface area contributed by atoms with Crippen LogP contribution in [0.1, 0.15) is 37.1 Å². The van der Waals surface area contributed by atoms with Crippen LogP contribution < -0.4 is 10.6 Å². The third-order valence-corrected chi connectivity index (χ3v) is 3.02. The van der Waals surface area contributed by atoms with E-state index in [1.807, 2.05) is 13.0 Å². The van der Waals surface area contributed by atoms with Gasteiger partial charge in [0.05, 0.1) is 12.2 Å². The highest BCUT2D eigenvalue weighted by atomic mass is 35.5. The van der Waals surface area contributed by atoms with Gasteiger partial charge in [0, 0.05) is 18.5 Å². The molecule has 0 spiro atoms. The fraction of sp³-hybridized carbons (Fsp3) is 0.667. The third-order valence-electron chi connectivity index (χ3n) is 3.02. The van der Waals surface area contributed by atoms with Crippen LogP contribution in [-0.2, 0) is 11.3 Å². The van der Waals surface area contributed by atoms with Crippen molar-refractivity contribution in [1.82, 2.24) is 15.8 Å². The number of nitrogens with one attached hydrogen (secondary N) is 2. The molecule has 0 aliphatic carbocycles. The van der Waals surface area contributed by atoms with Gasteiger partial charge in [0.25, 0.3) is 0 Å². The van der Waals surface area contributed by atoms with Crippen molar-refractivity contribution in [2.45, 2.75) is 45.2 Å². The normalized spacial score (nSPS) is 18.4. The minimum absolute atomic E-state index is 0. The fourth-order valence-corrected chi connectivity index (χ4v) is 2.08. The van der Waals surface area contributed by atoms with E-state index in [1.165, 1.54) is 12.8 Å². The highest BCUT2D eigenvalue weighted by Crippen LogP contribution is 2.10. The molecule has 18 heavy (non-hydrogen) atoms. The number of carbonyl (C=O) groups excluding carboxylic acids is 1. The topological polar surface area (TPSA) is 67.2 Å². The SMILES string of the molecule is Cc1cc(CNC(=O)CCC2CCCN2)on1.Cl. The summed E-state index contributed by atoms with van der Waals surface area (Å²) in [6.07, 6.45) is 3.91. The van der Waals surface area contributed by atoms with E-state index in [4.69, 9.17) is 4.52 Å². The van der Waals surface area contributed by atoms with Gasteiger partial charge in [-0.1, -0.05) is 5.16 Å². The van der Waals surface area contributed by atoms with Crippen molar-refractivity contribution in [2.75, 3.05) is 6.54 Å². The summed E-state index contributed by atoms with van der Waals surface area (Å²) in [5, 5.41) is 9.98. The zero-order valence-electron chi connectivity index (χ0n) is 10.6. The van der Waals surface area contributed by atoms with E-state index < -0.39 is 0 Å². The van der Waals surface area contributed by atoms with Crippen LogP contribution in [0.3, 0.4) is 0 Å². The molecular formula is C12H20ClN3O2. The number of halogens is 1. The molecule has 1 unspecified atom stereocenters. The molecule has 0 radical (unpaired) electrons. The summed E-state index contributed by atoms with van der Waals surface area (Å²) < 4.78 is 5.02. The third kappa shape index (κ3) is 4.66. The minimum Gasteiger partial charge on any atom is -0.359 e. The lowest BCUT2D eigenvalue weighted by Gasteiger charge is -2.09. The largest absolute Gasteiger partial charge is 0.359 e. The molecule has 5 nitrogen and oxygen atoms in total. The molecule has 1 amide bonds. The second-order valence-corrected chi connectivity index (χ2v) is 4.54. The zero-order valence-corrected chi connectivity index (χ0v) is 11.4. The van der Waals surface area contributed by atoms with Gasteiger partial charge in [-0.25, -0.2) is 0 Å². The summed E-state index contributed by atoms with van der Waals surface area (Å²) in [5.74, 6) is 0.780. The Labute approximate surface area is 113 Å². The van der Waals surface area contributed by atoms with E-state index in [9.17, 15) is 4.79 Å². The van der Waals surface area contributed by atoms with E-state index in [0.29, 0.717) is 24.8 Å². The quantitative estimate of drug-likeness (QED) is 0.854. The van der Waals surface area contributed by atoms with E-state index in [2.05, 4.69) is 15.8 Å². The summed E-state index contributed by atoms with van der Waals surface area (Å²) in [6, 6.07) is 2.35. The standard InChI is InChI=1S/C12H19N3O2.ClH/c1-9-7-11(17-15-9)8-14-12(16)5-4-10-3-2-6-13-10;/h7,10,13H,2-6,8H2,1H3,(H,14,16);1H. The Morgan fingerprint density at radius 2 is 2.50 bits per heavy atom. The molecule has 0 aromatic carbocycles. The summed E-state index contributed by atoms with van der Waals surface area (Å²) in [4.78, 5) is 11.6. The molecule has 1 aliphatic heterocycles. The Morgan fingerprint density at radius 3 is 3.11 bits per heavy atom. The molecule has 2 rings (SSSR count). The highest BCUT2D eigenvalue weighted by molar-refractivity contribution is 5.85. The molecule has 1 saturated heterocycles. The molecule has 102 valence electrons. The number of carbonyl (C=O) groups is 1. The summed E-state index contributed by atoms with van der Waals surface area (Å²) >= 11 is 0. The maximum Gasteiger partial charge on any atom is 0.220 e. The van der Waals surface area contributed by atoms with E-state index in [1.54, 1.807) is 0 Å². The number of amides is 1. The van der Waals surface area contributed by atoms with Gasteiger partial charge in [-0.05, 0) is 32.7 Å². The van der Waals surface area contributed by atoms with Crippen molar-refractivity contribution in [3.63, 3.8) is 0 Å². The molecule has 1 aromatic rings. The van der Waals surface area contributed by atoms with Crippen LogP contribution in [0.15, 0.2) is 10.6 Å². The molecule has 2 N–H and O–H groups in total. The van der Waals surface area contributed by atoms with Crippen LogP contribution in [0.25, 0.3) is 0 Å². The lowest BCUT2D eigenvalue weighted by molar-refractivity contribution is -0.121. The molecular weight excluding hydrogens is 254 g/mol. The summed E-state index contributed by atoms with van der Waals surface area (Å²) in [7, 11) is 0. The Balaban J connectivity index is 0.00000162. The van der Waals surface area contributed by atoms with E-state index >= 15 is 0 Å². The molecule has 2 heterocycles. The Kier molecular flexibility index (Phi) is 6.15. The first-order chi connectivity index (χ1) is 8.24. The van der Waals surface area contributed by atoms with Gasteiger partial charge in [0.1, 0.15) is 0 Å². The number of rotatable bonds is 5. The summed E-state index contributed by atoms with van der Waals surface area (Å²) in [6.45, 7) is 3.38. The van der Waals surface area contributed by atoms with Crippen molar-refractivity contribution in [2.24, 2.45) is 0 Å². The first-order valence-corrected chi connectivity index (χ1v) is 6.16. The first kappa shape index (κ1) is 15.0. The summed E-state index contributed by atoms with van der Waals surface area (Å²) in [5.41, 5.74) is 0.837. The molecule has 0 saturated carbocycles. The van der Waals surface area contributed by atoms with Crippen LogP contribution in [0.5, 0.6) is 0 Å². The van der Waals surface area contributed by atoms with E-state index in [-0.39, 0.29) is 18.3 Å². The lowest BCUT2D eigenvalue weighted by Crippen LogP contribution is -2.27. The van der Waals surface area contributed by atoms with Crippen molar-refractivity contribution in [3.8, 4) is 0 Å². The number of nitrogens with zero attached hydrogens (tertiary/aromatic N) is 1. The van der Waals surface area contributed by atoms with Gasteiger partial charge in [-0.15, -0.1) is 12.4 Å². The van der Waals surface area contributed by atoms with Crippen molar-refractivity contribution >= 4 is 18.3 Å². The number of aromatic nitrogens is 1.